The van der Waals surface area contributed by atoms with E-state index in [2.05, 4.69) is 5.32 Å². The van der Waals surface area contributed by atoms with E-state index in [4.69, 9.17) is 0 Å². The van der Waals surface area contributed by atoms with E-state index >= 15 is 0 Å². The molecule has 0 aliphatic carbocycles. The van der Waals surface area contributed by atoms with Gasteiger partial charge in [0.15, 0.2) is 0 Å². The second-order valence-corrected chi connectivity index (χ2v) is 4.65. The molecule has 0 aromatic heterocycles. The lowest BCUT2D eigenvalue weighted by Crippen LogP contribution is -2.21. The highest BCUT2D eigenvalue weighted by molar-refractivity contribution is 5.29. The van der Waals surface area contributed by atoms with E-state index in [9.17, 15) is 9.50 Å². The Kier molecular flexibility index (Phi) is 4.53. The number of hydrogen-bond donors (Lipinski definition) is 2. The van der Waals surface area contributed by atoms with E-state index in [0.29, 0.717) is 0 Å². The molecule has 0 saturated carbocycles. The Morgan fingerprint density at radius 1 is 1.16 bits per heavy atom. The summed E-state index contributed by atoms with van der Waals surface area (Å²) < 4.78 is 13.0. The van der Waals surface area contributed by atoms with Crippen LogP contribution in [0.3, 0.4) is 0 Å². The molecule has 0 aliphatic rings. The summed E-state index contributed by atoms with van der Waals surface area (Å²) in [7, 11) is 0. The largest absolute Gasteiger partial charge is 0.508 e. The minimum atomic E-state index is -0.196. The minimum Gasteiger partial charge on any atom is -0.508 e. The highest BCUT2D eigenvalue weighted by Crippen LogP contribution is 2.17. The van der Waals surface area contributed by atoms with Crippen molar-refractivity contribution in [2.24, 2.45) is 0 Å². The topological polar surface area (TPSA) is 32.3 Å². The summed E-state index contributed by atoms with van der Waals surface area (Å²) in [5, 5.41) is 12.8. The molecule has 0 spiro atoms. The lowest BCUT2D eigenvalue weighted by atomic mass is 10.1. The van der Waals surface area contributed by atoms with Crippen LogP contribution in [0.15, 0.2) is 48.5 Å². The molecule has 0 aliphatic heterocycles. The van der Waals surface area contributed by atoms with Gasteiger partial charge in [0.1, 0.15) is 11.6 Å². The first-order valence-electron chi connectivity index (χ1n) is 6.42. The summed E-state index contributed by atoms with van der Waals surface area (Å²) in [6.07, 6.45) is 0.779. The van der Waals surface area contributed by atoms with Crippen LogP contribution in [0.1, 0.15) is 24.1 Å². The molecule has 0 bridgehead atoms. The molecule has 19 heavy (non-hydrogen) atoms. The molecule has 100 valence electrons. The van der Waals surface area contributed by atoms with Crippen molar-refractivity contribution in [2.75, 3.05) is 6.54 Å². The number of rotatable bonds is 5. The number of nitrogens with one attached hydrogen (secondary N) is 1. The van der Waals surface area contributed by atoms with Crippen LogP contribution in [-0.4, -0.2) is 11.7 Å². The van der Waals surface area contributed by atoms with E-state index in [1.165, 1.54) is 6.07 Å². The molecule has 0 heterocycles. The standard InChI is InChI=1S/C16H18FNO/c1-12(14-5-3-7-16(19)11-14)18-9-8-13-4-2-6-15(17)10-13/h2-7,10-12,18-19H,8-9H2,1H3. The van der Waals surface area contributed by atoms with Gasteiger partial charge in [0.05, 0.1) is 0 Å². The van der Waals surface area contributed by atoms with Crippen LogP contribution >= 0.6 is 0 Å². The Hall–Kier alpha value is -1.87. The maximum absolute atomic E-state index is 13.0. The van der Waals surface area contributed by atoms with Crippen molar-refractivity contribution in [1.82, 2.24) is 5.32 Å². The van der Waals surface area contributed by atoms with Gasteiger partial charge in [-0.3, -0.25) is 0 Å². The molecule has 3 heteroatoms. The van der Waals surface area contributed by atoms with Gasteiger partial charge in [0.2, 0.25) is 0 Å². The van der Waals surface area contributed by atoms with Gasteiger partial charge >= 0.3 is 0 Å². The van der Waals surface area contributed by atoms with E-state index in [0.717, 1.165) is 24.1 Å². The number of aromatic hydroxyl groups is 1. The first-order chi connectivity index (χ1) is 9.15. The Morgan fingerprint density at radius 2 is 1.95 bits per heavy atom. The zero-order valence-electron chi connectivity index (χ0n) is 10.9. The van der Waals surface area contributed by atoms with Crippen molar-refractivity contribution in [3.05, 3.63) is 65.5 Å². The minimum absolute atomic E-state index is 0.153. The number of phenolic OH excluding ortho intramolecular Hbond substituents is 1. The molecule has 2 rings (SSSR count). The molecule has 1 unspecified atom stereocenters. The van der Waals surface area contributed by atoms with Gasteiger partial charge < -0.3 is 10.4 Å². The highest BCUT2D eigenvalue weighted by Gasteiger charge is 2.05. The first-order valence-corrected chi connectivity index (χ1v) is 6.42. The Bertz CT molecular complexity index is 542. The summed E-state index contributed by atoms with van der Waals surface area (Å²) in [4.78, 5) is 0. The fourth-order valence-electron chi connectivity index (χ4n) is 2.04. The SMILES string of the molecule is CC(NCCc1cccc(F)c1)c1cccc(O)c1. The van der Waals surface area contributed by atoms with Crippen molar-refractivity contribution in [3.63, 3.8) is 0 Å². The van der Waals surface area contributed by atoms with Crippen LogP contribution in [0.25, 0.3) is 0 Å². The van der Waals surface area contributed by atoms with Crippen LogP contribution < -0.4 is 5.32 Å². The van der Waals surface area contributed by atoms with Gasteiger partial charge in [-0.05, 0) is 55.3 Å². The molecule has 1 atom stereocenters. The van der Waals surface area contributed by atoms with Gasteiger partial charge in [0.25, 0.3) is 0 Å². The third-order valence-corrected chi connectivity index (χ3v) is 3.12. The lowest BCUT2D eigenvalue weighted by Gasteiger charge is -2.14. The smallest absolute Gasteiger partial charge is 0.123 e. The predicted octanol–water partition coefficient (Wildman–Crippen LogP) is 3.42. The normalized spacial score (nSPS) is 12.3. The molecule has 0 radical (unpaired) electrons. The summed E-state index contributed by atoms with van der Waals surface area (Å²) in [5.74, 6) is 0.0785. The third-order valence-electron chi connectivity index (χ3n) is 3.12. The maximum atomic E-state index is 13.0. The lowest BCUT2D eigenvalue weighted by molar-refractivity contribution is 0.472. The van der Waals surface area contributed by atoms with E-state index in [1.54, 1.807) is 24.3 Å². The monoisotopic (exact) mass is 259 g/mol. The van der Waals surface area contributed by atoms with Crippen molar-refractivity contribution < 1.29 is 9.50 Å². The van der Waals surface area contributed by atoms with Crippen LogP contribution in [0, 0.1) is 5.82 Å². The van der Waals surface area contributed by atoms with Crippen LogP contribution in [-0.2, 0) is 6.42 Å². The Balaban J connectivity index is 1.85. The highest BCUT2D eigenvalue weighted by atomic mass is 19.1. The van der Waals surface area contributed by atoms with E-state index in [-0.39, 0.29) is 17.6 Å². The van der Waals surface area contributed by atoms with Gasteiger partial charge in [-0.25, -0.2) is 4.39 Å². The summed E-state index contributed by atoms with van der Waals surface area (Å²) in [5.41, 5.74) is 2.02. The van der Waals surface area contributed by atoms with Crippen LogP contribution in [0.2, 0.25) is 0 Å². The zero-order valence-corrected chi connectivity index (χ0v) is 10.9. The van der Waals surface area contributed by atoms with Gasteiger partial charge in [-0.15, -0.1) is 0 Å². The fraction of sp³-hybridized carbons (Fsp3) is 0.250. The second-order valence-electron chi connectivity index (χ2n) is 4.65. The molecule has 2 aromatic carbocycles. The molecule has 0 amide bonds. The second kappa shape index (κ2) is 6.34. The summed E-state index contributed by atoms with van der Waals surface area (Å²) in [6.45, 7) is 2.81. The number of halogens is 1. The number of benzene rings is 2. The Labute approximate surface area is 112 Å². The van der Waals surface area contributed by atoms with Crippen molar-refractivity contribution >= 4 is 0 Å². The maximum Gasteiger partial charge on any atom is 0.123 e. The summed E-state index contributed by atoms with van der Waals surface area (Å²) >= 11 is 0. The molecule has 2 nitrogen and oxygen atoms in total. The molecule has 0 saturated heterocycles. The average Bonchev–Trinajstić information content (AvgIpc) is 2.38. The molecule has 0 fully saturated rings. The van der Waals surface area contributed by atoms with Crippen molar-refractivity contribution in [1.29, 1.82) is 0 Å². The average molecular weight is 259 g/mol. The zero-order chi connectivity index (χ0) is 13.7. The van der Waals surface area contributed by atoms with E-state index < -0.39 is 0 Å². The molecule has 2 aromatic rings. The predicted molar refractivity (Wildman–Crippen MR) is 74.6 cm³/mol. The number of hydrogen-bond acceptors (Lipinski definition) is 2. The fourth-order valence-corrected chi connectivity index (χ4v) is 2.04. The van der Waals surface area contributed by atoms with Crippen molar-refractivity contribution in [2.45, 2.75) is 19.4 Å². The molecular formula is C16H18FNO. The van der Waals surface area contributed by atoms with Gasteiger partial charge in [-0.1, -0.05) is 24.3 Å². The van der Waals surface area contributed by atoms with Crippen LogP contribution in [0.5, 0.6) is 5.75 Å². The molecule has 2 N–H and O–H groups in total. The van der Waals surface area contributed by atoms with E-state index in [1.807, 2.05) is 25.1 Å². The quantitative estimate of drug-likeness (QED) is 0.862. The van der Waals surface area contributed by atoms with Crippen LogP contribution in [0.4, 0.5) is 4.39 Å². The first kappa shape index (κ1) is 13.6. The van der Waals surface area contributed by atoms with Gasteiger partial charge in [0, 0.05) is 6.04 Å². The number of phenols is 1. The van der Waals surface area contributed by atoms with Crippen molar-refractivity contribution in [3.8, 4) is 5.75 Å². The Morgan fingerprint density at radius 3 is 2.68 bits per heavy atom. The summed E-state index contributed by atoms with van der Waals surface area (Å²) in [6, 6.07) is 14.0. The third kappa shape index (κ3) is 4.07. The molecular weight excluding hydrogens is 241 g/mol. The van der Waals surface area contributed by atoms with Gasteiger partial charge in [-0.2, -0.15) is 0 Å².